The summed E-state index contributed by atoms with van der Waals surface area (Å²) in [6, 6.07) is 7.86. The van der Waals surface area contributed by atoms with E-state index in [1.807, 2.05) is 0 Å². The lowest BCUT2D eigenvalue weighted by Crippen LogP contribution is -2.09. The van der Waals surface area contributed by atoms with Gasteiger partial charge in [-0.3, -0.25) is 0 Å². The molecule has 3 aromatic rings. The van der Waals surface area contributed by atoms with Gasteiger partial charge in [-0.2, -0.15) is 0 Å². The molecular weight excluding hydrogens is 450 g/mol. The number of nitrogens with zero attached hydrogens (tertiary/aromatic N) is 2. The molecule has 8 heteroatoms. The summed E-state index contributed by atoms with van der Waals surface area (Å²) in [5, 5.41) is 3.46. The average Bonchev–Trinajstić information content (AvgIpc) is 2.79. The molecule has 0 aliphatic rings. The Balaban J connectivity index is 2.00. The van der Waals surface area contributed by atoms with Crippen molar-refractivity contribution in [1.29, 1.82) is 0 Å². The number of hydrogen-bond donors (Lipinski definition) is 1. The van der Waals surface area contributed by atoms with Gasteiger partial charge in [0.2, 0.25) is 0 Å². The van der Waals surface area contributed by atoms with Crippen LogP contribution in [0.5, 0.6) is 11.5 Å². The van der Waals surface area contributed by atoms with Crippen LogP contribution in [0.1, 0.15) is 19.3 Å². The number of aromatic nitrogens is 2. The highest BCUT2D eigenvalue weighted by Crippen LogP contribution is 2.35. The normalized spacial score (nSPS) is 17.3. The van der Waals surface area contributed by atoms with Gasteiger partial charge in [0, 0.05) is 41.3 Å². The Bertz CT molecular complexity index is 1410. The molecule has 0 aliphatic carbocycles. The number of hydrogen-bond acceptors (Lipinski definition) is 7. The quantitative estimate of drug-likeness (QED) is 0.435. The maximum Gasteiger partial charge on any atom is 0.163 e. The summed E-state index contributed by atoms with van der Waals surface area (Å²) in [5.41, 5.74) is 1.44. The van der Waals surface area contributed by atoms with Gasteiger partial charge in [-0.25, -0.2) is 9.97 Å². The van der Waals surface area contributed by atoms with Crippen molar-refractivity contribution >= 4 is 38.3 Å². The van der Waals surface area contributed by atoms with Gasteiger partial charge in [-0.05, 0) is 40.2 Å². The fraction of sp³-hybridized carbons (Fsp3) is 0.273. The smallest absolute Gasteiger partial charge is 0.163 e. The fourth-order valence-electron chi connectivity index (χ4n) is 2.51. The molecule has 0 saturated carbocycles. The Morgan fingerprint density at radius 2 is 1.83 bits per heavy atom. The van der Waals surface area contributed by atoms with Crippen molar-refractivity contribution in [2.24, 2.45) is 0 Å². The maximum atomic E-state index is 7.83. The lowest BCUT2D eigenvalue weighted by Gasteiger charge is -2.15. The van der Waals surface area contributed by atoms with Crippen LogP contribution in [0.15, 0.2) is 41.1 Å². The van der Waals surface area contributed by atoms with Crippen LogP contribution in [0.4, 0.5) is 11.5 Å². The van der Waals surface area contributed by atoms with E-state index in [2.05, 4.69) is 46.6 Å². The third-order valence-corrected chi connectivity index (χ3v) is 4.49. The Labute approximate surface area is 197 Å². The average molecular weight is 482 g/mol. The number of benzene rings is 2. The number of terminal acetylenes is 1. The van der Waals surface area contributed by atoms with Gasteiger partial charge in [0.05, 0.1) is 32.3 Å². The van der Waals surface area contributed by atoms with Crippen molar-refractivity contribution in [1.82, 2.24) is 9.97 Å². The van der Waals surface area contributed by atoms with Crippen molar-refractivity contribution in [3.8, 4) is 23.8 Å². The third kappa shape index (κ3) is 5.39. The summed E-state index contributed by atoms with van der Waals surface area (Å²) in [6.45, 7) is -7.30. The zero-order chi connectivity index (χ0) is 29.9. The van der Waals surface area contributed by atoms with Crippen LogP contribution in [0.25, 0.3) is 10.9 Å². The number of anilines is 2. The van der Waals surface area contributed by atoms with Gasteiger partial charge in [0.25, 0.3) is 0 Å². The lowest BCUT2D eigenvalue weighted by molar-refractivity contribution is 0.132. The summed E-state index contributed by atoms with van der Waals surface area (Å²) in [4.78, 5) is 8.42. The van der Waals surface area contributed by atoms with E-state index in [0.717, 1.165) is 0 Å². The van der Waals surface area contributed by atoms with E-state index < -0.39 is 40.4 Å². The van der Waals surface area contributed by atoms with Crippen LogP contribution in [0.3, 0.4) is 0 Å². The number of methoxy groups -OCH3 is 2. The molecule has 0 spiro atoms. The highest BCUT2D eigenvalue weighted by molar-refractivity contribution is 9.10. The van der Waals surface area contributed by atoms with Crippen molar-refractivity contribution in [3.63, 3.8) is 0 Å². The van der Waals surface area contributed by atoms with Crippen molar-refractivity contribution in [2.75, 3.05) is 45.7 Å². The van der Waals surface area contributed by atoms with E-state index in [1.54, 1.807) is 18.2 Å². The summed E-state index contributed by atoms with van der Waals surface area (Å²) in [7, 11) is -6.09. The van der Waals surface area contributed by atoms with E-state index in [0.29, 0.717) is 21.1 Å². The Morgan fingerprint density at radius 3 is 2.53 bits per heavy atom. The van der Waals surface area contributed by atoms with Gasteiger partial charge in [-0.1, -0.05) is 5.92 Å². The summed E-state index contributed by atoms with van der Waals surface area (Å²) in [5.74, 6) is 2.49. The monoisotopic (exact) mass is 481 g/mol. The van der Waals surface area contributed by atoms with Gasteiger partial charge in [-0.15, -0.1) is 6.42 Å². The molecule has 0 unspecified atom stereocenters. The fourth-order valence-corrected chi connectivity index (χ4v) is 2.87. The summed E-state index contributed by atoms with van der Waals surface area (Å²) >= 11 is 3.36. The first-order valence-electron chi connectivity index (χ1n) is 13.3. The third-order valence-electron chi connectivity index (χ3n) is 3.80. The number of halogens is 1. The molecule has 0 radical (unpaired) electrons. The molecule has 30 heavy (non-hydrogen) atoms. The Kier molecular flexibility index (Phi) is 4.35. The molecule has 0 bridgehead atoms. The minimum absolute atomic E-state index is 0.168. The van der Waals surface area contributed by atoms with E-state index in [1.165, 1.54) is 18.5 Å². The van der Waals surface area contributed by atoms with Crippen molar-refractivity contribution in [3.05, 3.63) is 46.7 Å². The second-order valence-corrected chi connectivity index (χ2v) is 6.43. The molecule has 0 aliphatic heterocycles. The molecule has 1 heterocycles. The zero-order valence-electron chi connectivity index (χ0n) is 25.4. The molecule has 0 fully saturated rings. The lowest BCUT2D eigenvalue weighted by atomic mass is 10.2. The molecule has 156 valence electrons. The van der Waals surface area contributed by atoms with Gasteiger partial charge in [0.1, 0.15) is 25.4 Å². The maximum absolute atomic E-state index is 7.83. The largest absolute Gasteiger partial charge is 0.487 e. The molecule has 3 rings (SSSR count). The van der Waals surface area contributed by atoms with Crippen LogP contribution in [0.2, 0.25) is 0 Å². The second-order valence-electron chi connectivity index (χ2n) is 5.57. The highest BCUT2D eigenvalue weighted by atomic mass is 79.9. The minimum Gasteiger partial charge on any atom is -0.487 e. The van der Waals surface area contributed by atoms with Crippen LogP contribution in [-0.4, -0.2) is 50.4 Å². The number of nitrogens with one attached hydrogen (secondary N) is 1. The van der Waals surface area contributed by atoms with Crippen LogP contribution in [-0.2, 0) is 9.47 Å². The SMILES string of the molecule is [2H]C([2H])([2H])OC([2H])([2H])COc1cc2ncnc(Nc3ccc(Br)c(C#C)c3)c2cc1OCC([2H])([2H])OC([2H])([2H])[2H]. The van der Waals surface area contributed by atoms with Crippen LogP contribution >= 0.6 is 15.9 Å². The molecule has 0 amide bonds. The predicted molar refractivity (Wildman–Crippen MR) is 120 cm³/mol. The van der Waals surface area contributed by atoms with Crippen molar-refractivity contribution in [2.45, 2.75) is 0 Å². The van der Waals surface area contributed by atoms with E-state index in [4.69, 9.17) is 29.6 Å². The molecule has 1 N–H and O–H groups in total. The van der Waals surface area contributed by atoms with Crippen molar-refractivity contribution < 1.29 is 32.7 Å². The molecule has 0 atom stereocenters. The zero-order valence-corrected chi connectivity index (χ0v) is 16.9. The Hall–Kier alpha value is -2.86. The second kappa shape index (κ2) is 10.8. The number of ether oxygens (including phenoxy) is 4. The number of fused-ring (bicyclic) bond motifs is 1. The van der Waals surface area contributed by atoms with E-state index in [9.17, 15) is 0 Å². The Morgan fingerprint density at radius 1 is 1.10 bits per heavy atom. The summed E-state index contributed by atoms with van der Waals surface area (Å²) < 4.78 is 94.7. The first kappa shape index (κ1) is 12.1. The van der Waals surface area contributed by atoms with Crippen LogP contribution < -0.4 is 14.8 Å². The van der Waals surface area contributed by atoms with Gasteiger partial charge >= 0.3 is 0 Å². The topological polar surface area (TPSA) is 74.7 Å². The van der Waals surface area contributed by atoms with E-state index in [-0.39, 0.29) is 22.8 Å². The molecule has 7 nitrogen and oxygen atoms in total. The van der Waals surface area contributed by atoms with Gasteiger partial charge in [0.15, 0.2) is 11.5 Å². The summed E-state index contributed by atoms with van der Waals surface area (Å²) in [6.07, 6.45) is 6.78. The minimum atomic E-state index is -3.05. The highest BCUT2D eigenvalue weighted by Gasteiger charge is 2.13. The first-order valence-corrected chi connectivity index (χ1v) is 9.14. The van der Waals surface area contributed by atoms with Crippen LogP contribution in [0, 0.1) is 12.3 Å². The number of rotatable bonds is 10. The predicted octanol–water partition coefficient (Wildman–Crippen LogP) is 4.17. The molecule has 2 aromatic carbocycles. The first-order chi connectivity index (χ1) is 18.4. The van der Waals surface area contributed by atoms with Gasteiger partial charge < -0.3 is 24.3 Å². The molecule has 0 saturated heterocycles. The molecular formula is C22H22BrN3O4. The molecule has 1 aromatic heterocycles. The van der Waals surface area contributed by atoms with E-state index >= 15 is 0 Å². The standard InChI is InChI=1S/C22H22BrN3O4/c1-4-15-11-16(5-6-18(15)23)26-22-17-12-20(29-9-7-27-2)21(30-10-8-28-3)13-19(17)24-14-25-22/h1,5-6,11-14H,7-10H2,2-3H3,(H,24,25,26)/i2D3,3D3,7D2,8D2.